The number of anilines is 2. The van der Waals surface area contributed by atoms with Gasteiger partial charge in [0, 0.05) is 23.7 Å². The average molecular weight is 294 g/mol. The third kappa shape index (κ3) is 4.72. The minimum atomic E-state index is 0.0134. The van der Waals surface area contributed by atoms with Crippen molar-refractivity contribution >= 4 is 29.0 Å². The highest BCUT2D eigenvalue weighted by atomic mass is 32.2. The summed E-state index contributed by atoms with van der Waals surface area (Å²) in [4.78, 5) is 11.9. The number of nitrogen functional groups attached to an aromatic ring is 1. The SMILES string of the molecule is Cc1ccc(N)cc1NC(=O)CSCC1CCCCO1. The molecule has 1 heterocycles. The van der Waals surface area contributed by atoms with Crippen molar-refractivity contribution in [3.8, 4) is 0 Å². The van der Waals surface area contributed by atoms with Crippen LogP contribution in [0.15, 0.2) is 18.2 Å². The molecular weight excluding hydrogens is 272 g/mol. The number of hydrogen-bond donors (Lipinski definition) is 2. The number of rotatable bonds is 5. The Bertz CT molecular complexity index is 459. The lowest BCUT2D eigenvalue weighted by Gasteiger charge is -2.21. The number of carbonyl (C=O) groups excluding carboxylic acids is 1. The van der Waals surface area contributed by atoms with E-state index in [1.54, 1.807) is 17.8 Å². The molecule has 1 unspecified atom stereocenters. The summed E-state index contributed by atoms with van der Waals surface area (Å²) in [6, 6.07) is 5.54. The van der Waals surface area contributed by atoms with Crippen LogP contribution in [-0.4, -0.2) is 30.1 Å². The Morgan fingerprint density at radius 1 is 1.50 bits per heavy atom. The van der Waals surface area contributed by atoms with Gasteiger partial charge in [-0.3, -0.25) is 4.79 Å². The predicted molar refractivity (Wildman–Crippen MR) is 85.1 cm³/mol. The quantitative estimate of drug-likeness (QED) is 0.820. The van der Waals surface area contributed by atoms with E-state index in [0.29, 0.717) is 17.5 Å². The van der Waals surface area contributed by atoms with E-state index in [1.807, 2.05) is 19.1 Å². The van der Waals surface area contributed by atoms with Crippen molar-refractivity contribution in [1.29, 1.82) is 0 Å². The molecule has 1 saturated heterocycles. The number of nitrogens with one attached hydrogen (secondary N) is 1. The third-order valence-corrected chi connectivity index (χ3v) is 4.42. The fourth-order valence-corrected chi connectivity index (χ4v) is 3.08. The van der Waals surface area contributed by atoms with Crippen LogP contribution in [0.2, 0.25) is 0 Å². The van der Waals surface area contributed by atoms with Crippen LogP contribution in [0.25, 0.3) is 0 Å². The molecule has 0 aromatic heterocycles. The lowest BCUT2D eigenvalue weighted by atomic mass is 10.1. The Labute approximate surface area is 124 Å². The van der Waals surface area contributed by atoms with Gasteiger partial charge in [0.2, 0.25) is 5.91 Å². The zero-order valence-electron chi connectivity index (χ0n) is 11.9. The van der Waals surface area contributed by atoms with Crippen LogP contribution in [0.4, 0.5) is 11.4 Å². The van der Waals surface area contributed by atoms with Crippen LogP contribution < -0.4 is 11.1 Å². The van der Waals surface area contributed by atoms with Gasteiger partial charge in [-0.05, 0) is 43.9 Å². The summed E-state index contributed by atoms with van der Waals surface area (Å²) in [5.74, 6) is 1.36. The second kappa shape index (κ2) is 7.55. The summed E-state index contributed by atoms with van der Waals surface area (Å²) in [6.45, 7) is 2.82. The number of amides is 1. The van der Waals surface area contributed by atoms with Crippen LogP contribution in [0, 0.1) is 6.92 Å². The van der Waals surface area contributed by atoms with Crippen LogP contribution >= 0.6 is 11.8 Å². The molecule has 2 rings (SSSR count). The van der Waals surface area contributed by atoms with E-state index in [0.717, 1.165) is 36.5 Å². The van der Waals surface area contributed by atoms with Gasteiger partial charge in [0.05, 0.1) is 11.9 Å². The maximum absolute atomic E-state index is 11.9. The average Bonchev–Trinajstić information content (AvgIpc) is 2.44. The molecule has 20 heavy (non-hydrogen) atoms. The maximum atomic E-state index is 11.9. The molecule has 0 saturated carbocycles. The molecule has 1 aliphatic heterocycles. The summed E-state index contributed by atoms with van der Waals surface area (Å²) in [7, 11) is 0. The molecule has 3 N–H and O–H groups in total. The van der Waals surface area contributed by atoms with Crippen LogP contribution in [0.3, 0.4) is 0 Å². The molecule has 0 aliphatic carbocycles. The highest BCUT2D eigenvalue weighted by molar-refractivity contribution is 8.00. The molecule has 1 fully saturated rings. The van der Waals surface area contributed by atoms with E-state index < -0.39 is 0 Å². The molecule has 1 atom stereocenters. The summed E-state index contributed by atoms with van der Waals surface area (Å²) in [6.07, 6.45) is 3.83. The standard InChI is InChI=1S/C15H22N2O2S/c1-11-5-6-12(16)8-14(11)17-15(18)10-20-9-13-4-2-3-7-19-13/h5-6,8,13H,2-4,7,9-10,16H2,1H3,(H,17,18). The van der Waals surface area contributed by atoms with Crippen molar-refractivity contribution < 1.29 is 9.53 Å². The zero-order valence-corrected chi connectivity index (χ0v) is 12.7. The Balaban J connectivity index is 1.73. The van der Waals surface area contributed by atoms with E-state index in [4.69, 9.17) is 10.5 Å². The largest absolute Gasteiger partial charge is 0.399 e. The highest BCUT2D eigenvalue weighted by Crippen LogP contribution is 2.20. The van der Waals surface area contributed by atoms with Crippen molar-refractivity contribution in [3.63, 3.8) is 0 Å². The van der Waals surface area contributed by atoms with E-state index in [2.05, 4.69) is 5.32 Å². The Morgan fingerprint density at radius 2 is 2.35 bits per heavy atom. The zero-order chi connectivity index (χ0) is 14.4. The van der Waals surface area contributed by atoms with Crippen molar-refractivity contribution in [3.05, 3.63) is 23.8 Å². The number of thioether (sulfide) groups is 1. The Kier molecular flexibility index (Phi) is 5.73. The maximum Gasteiger partial charge on any atom is 0.234 e. The summed E-state index contributed by atoms with van der Waals surface area (Å²) in [5, 5.41) is 2.91. The molecule has 5 heteroatoms. The lowest BCUT2D eigenvalue weighted by molar-refractivity contribution is -0.113. The number of nitrogens with two attached hydrogens (primary N) is 1. The predicted octanol–water partition coefficient (Wildman–Crippen LogP) is 2.82. The molecule has 1 aromatic rings. The first kappa shape index (κ1) is 15.2. The Morgan fingerprint density at radius 3 is 3.10 bits per heavy atom. The highest BCUT2D eigenvalue weighted by Gasteiger charge is 2.14. The van der Waals surface area contributed by atoms with Gasteiger partial charge in [0.25, 0.3) is 0 Å². The summed E-state index contributed by atoms with van der Waals surface area (Å²) < 4.78 is 5.64. The normalized spacial score (nSPS) is 18.8. The van der Waals surface area contributed by atoms with Gasteiger partial charge in [-0.25, -0.2) is 0 Å². The molecular formula is C15H22N2O2S. The van der Waals surface area contributed by atoms with E-state index in [1.165, 1.54) is 6.42 Å². The van der Waals surface area contributed by atoms with Crippen molar-refractivity contribution in [1.82, 2.24) is 0 Å². The summed E-state index contributed by atoms with van der Waals surface area (Å²) in [5.41, 5.74) is 8.21. The fraction of sp³-hybridized carbons (Fsp3) is 0.533. The van der Waals surface area contributed by atoms with Crippen LogP contribution in [0.5, 0.6) is 0 Å². The number of benzene rings is 1. The van der Waals surface area contributed by atoms with E-state index in [9.17, 15) is 4.79 Å². The van der Waals surface area contributed by atoms with Gasteiger partial charge in [-0.15, -0.1) is 11.8 Å². The van der Waals surface area contributed by atoms with Crippen LogP contribution in [-0.2, 0) is 9.53 Å². The first-order valence-corrected chi connectivity index (χ1v) is 8.16. The van der Waals surface area contributed by atoms with Gasteiger partial charge >= 0.3 is 0 Å². The molecule has 4 nitrogen and oxygen atoms in total. The topological polar surface area (TPSA) is 64.3 Å². The van der Waals surface area contributed by atoms with E-state index in [-0.39, 0.29) is 5.91 Å². The molecule has 110 valence electrons. The first-order chi connectivity index (χ1) is 9.65. The molecule has 0 spiro atoms. The summed E-state index contributed by atoms with van der Waals surface area (Å²) >= 11 is 1.63. The minimum Gasteiger partial charge on any atom is -0.399 e. The van der Waals surface area contributed by atoms with Crippen molar-refractivity contribution in [2.45, 2.75) is 32.3 Å². The third-order valence-electron chi connectivity index (χ3n) is 3.35. The van der Waals surface area contributed by atoms with Gasteiger partial charge < -0.3 is 15.8 Å². The van der Waals surface area contributed by atoms with Gasteiger partial charge in [-0.2, -0.15) is 0 Å². The first-order valence-electron chi connectivity index (χ1n) is 7.00. The van der Waals surface area contributed by atoms with Gasteiger partial charge in [0.1, 0.15) is 0 Å². The molecule has 0 bridgehead atoms. The van der Waals surface area contributed by atoms with Crippen molar-refractivity contribution in [2.24, 2.45) is 0 Å². The molecule has 1 amide bonds. The van der Waals surface area contributed by atoms with Gasteiger partial charge in [0.15, 0.2) is 0 Å². The monoisotopic (exact) mass is 294 g/mol. The van der Waals surface area contributed by atoms with Gasteiger partial charge in [-0.1, -0.05) is 6.07 Å². The van der Waals surface area contributed by atoms with E-state index >= 15 is 0 Å². The number of carbonyl (C=O) groups is 1. The molecule has 0 radical (unpaired) electrons. The molecule has 1 aromatic carbocycles. The lowest BCUT2D eigenvalue weighted by Crippen LogP contribution is -2.23. The van der Waals surface area contributed by atoms with Crippen molar-refractivity contribution in [2.75, 3.05) is 29.2 Å². The van der Waals surface area contributed by atoms with Crippen LogP contribution in [0.1, 0.15) is 24.8 Å². The minimum absolute atomic E-state index is 0.0134. The Hall–Kier alpha value is -1.20. The number of ether oxygens (including phenoxy) is 1. The second-order valence-corrected chi connectivity index (χ2v) is 6.16. The second-order valence-electron chi connectivity index (χ2n) is 5.13. The fourth-order valence-electron chi connectivity index (χ4n) is 2.18. The number of hydrogen-bond acceptors (Lipinski definition) is 4. The molecule has 1 aliphatic rings. The number of aryl methyl sites for hydroxylation is 1. The smallest absolute Gasteiger partial charge is 0.234 e.